The monoisotopic (exact) mass is 440 g/mol. The normalized spacial score (nSPS) is 12.0. The highest BCUT2D eigenvalue weighted by Gasteiger charge is 2.28. The van der Waals surface area contributed by atoms with E-state index in [0.29, 0.717) is 6.07 Å². The van der Waals surface area contributed by atoms with E-state index >= 15 is 0 Å². The Bertz CT molecular complexity index is 994. The molecule has 1 N–H and O–H groups in total. The molecule has 0 spiro atoms. The van der Waals surface area contributed by atoms with Gasteiger partial charge in [-0.3, -0.25) is 15.1 Å². The lowest BCUT2D eigenvalue weighted by Gasteiger charge is -2.10. The number of ether oxygens (including phenoxy) is 1. The molecule has 2 aromatic carbocycles. The summed E-state index contributed by atoms with van der Waals surface area (Å²) in [5.74, 6) is -2.98. The number of esters is 1. The Balaban J connectivity index is 2.56. The molecular formula is C19H15Cl2FN2O5. The van der Waals surface area contributed by atoms with Crippen molar-refractivity contribution in [3.63, 3.8) is 0 Å². The van der Waals surface area contributed by atoms with Crippen LogP contribution in [0.15, 0.2) is 47.0 Å². The fourth-order valence-electron chi connectivity index (χ4n) is 2.31. The average molecular weight is 441 g/mol. The standard InChI is InChI=1S/C19H15Cl2FN2O5/c1-2-29-19(26)13(10-23-9-11-6-4-3-5-7-11)18(25)12-8-14(22)16(21)17(15(12)20)24(27)28/h3-8,10,25H,2,9H2,1H3/b18-13+,23-10?. The van der Waals surface area contributed by atoms with Crippen LogP contribution < -0.4 is 0 Å². The lowest BCUT2D eigenvalue weighted by molar-refractivity contribution is -0.384. The quantitative estimate of drug-likeness (QED) is 0.122. The van der Waals surface area contributed by atoms with Gasteiger partial charge in [-0.05, 0) is 18.6 Å². The maximum atomic E-state index is 14.0. The molecule has 0 aliphatic heterocycles. The van der Waals surface area contributed by atoms with E-state index in [2.05, 4.69) is 4.99 Å². The third-order valence-corrected chi connectivity index (χ3v) is 4.40. The Morgan fingerprint density at radius 3 is 2.55 bits per heavy atom. The van der Waals surface area contributed by atoms with Crippen molar-refractivity contribution in [1.29, 1.82) is 0 Å². The molecule has 0 amide bonds. The van der Waals surface area contributed by atoms with E-state index in [-0.39, 0.29) is 13.2 Å². The number of nitro groups is 1. The summed E-state index contributed by atoms with van der Waals surface area (Å²) < 4.78 is 18.9. The number of halogens is 3. The van der Waals surface area contributed by atoms with Crippen LogP contribution in [0, 0.1) is 15.9 Å². The van der Waals surface area contributed by atoms with Crippen molar-refractivity contribution in [2.45, 2.75) is 13.5 Å². The minimum absolute atomic E-state index is 0.00893. The van der Waals surface area contributed by atoms with Gasteiger partial charge in [-0.1, -0.05) is 53.5 Å². The predicted octanol–water partition coefficient (Wildman–Crippen LogP) is 5.14. The van der Waals surface area contributed by atoms with Gasteiger partial charge in [0.25, 0.3) is 0 Å². The number of aliphatic hydroxyl groups excluding tert-OH is 1. The summed E-state index contributed by atoms with van der Waals surface area (Å²) in [6.07, 6.45) is 1.04. The van der Waals surface area contributed by atoms with E-state index < -0.39 is 49.3 Å². The van der Waals surface area contributed by atoms with Gasteiger partial charge in [0.15, 0.2) is 5.02 Å². The molecule has 29 heavy (non-hydrogen) atoms. The molecule has 0 saturated heterocycles. The van der Waals surface area contributed by atoms with Crippen LogP contribution in [0.1, 0.15) is 18.1 Å². The summed E-state index contributed by atoms with van der Waals surface area (Å²) in [5, 5.41) is 20.3. The third kappa shape index (κ3) is 5.30. The predicted molar refractivity (Wildman–Crippen MR) is 108 cm³/mol. The molecule has 7 nitrogen and oxygen atoms in total. The molecule has 10 heteroatoms. The van der Waals surface area contributed by atoms with Gasteiger partial charge in [-0.15, -0.1) is 0 Å². The molecule has 0 heterocycles. The van der Waals surface area contributed by atoms with Crippen LogP contribution in [0.3, 0.4) is 0 Å². The molecule has 0 atom stereocenters. The molecule has 2 aromatic rings. The highest BCUT2D eigenvalue weighted by atomic mass is 35.5. The second-order valence-corrected chi connectivity index (χ2v) is 6.33. The molecule has 0 aliphatic rings. The van der Waals surface area contributed by atoms with Crippen molar-refractivity contribution in [3.05, 3.63) is 79.1 Å². The number of carbonyl (C=O) groups excluding carboxylic acids is 1. The highest BCUT2D eigenvalue weighted by Crippen LogP contribution is 2.39. The van der Waals surface area contributed by atoms with Crippen molar-refractivity contribution in [2.24, 2.45) is 4.99 Å². The summed E-state index contributed by atoms with van der Waals surface area (Å²) in [6, 6.07) is 9.74. The number of nitro benzene ring substituents is 1. The fraction of sp³-hybridized carbons (Fsp3) is 0.158. The number of hydrogen-bond acceptors (Lipinski definition) is 6. The SMILES string of the molecule is CCOC(=O)/C(C=NCc1ccccc1)=C(/O)c1cc(F)c(Cl)c([N+](=O)[O-])c1Cl. The number of rotatable bonds is 7. The van der Waals surface area contributed by atoms with Crippen molar-refractivity contribution in [2.75, 3.05) is 6.61 Å². The van der Waals surface area contributed by atoms with Crippen LogP contribution in [0.2, 0.25) is 10.0 Å². The zero-order valence-electron chi connectivity index (χ0n) is 15.1. The molecular weight excluding hydrogens is 426 g/mol. The molecule has 152 valence electrons. The van der Waals surface area contributed by atoms with E-state index in [9.17, 15) is 24.4 Å². The Morgan fingerprint density at radius 1 is 1.31 bits per heavy atom. The van der Waals surface area contributed by atoms with Crippen LogP contribution in [0.4, 0.5) is 10.1 Å². The topological polar surface area (TPSA) is 102 Å². The number of nitrogens with zero attached hydrogens (tertiary/aromatic N) is 2. The first kappa shape index (κ1) is 22.3. The van der Waals surface area contributed by atoms with Gasteiger partial charge in [-0.25, -0.2) is 9.18 Å². The first-order valence-electron chi connectivity index (χ1n) is 8.24. The van der Waals surface area contributed by atoms with E-state index in [1.54, 1.807) is 31.2 Å². The highest BCUT2D eigenvalue weighted by molar-refractivity contribution is 6.39. The number of benzene rings is 2. The Hall–Kier alpha value is -2.97. The van der Waals surface area contributed by atoms with Crippen LogP contribution in [0.25, 0.3) is 5.76 Å². The van der Waals surface area contributed by atoms with E-state index in [0.717, 1.165) is 11.8 Å². The van der Waals surface area contributed by atoms with E-state index in [1.807, 2.05) is 6.07 Å². The van der Waals surface area contributed by atoms with Crippen LogP contribution in [-0.4, -0.2) is 28.8 Å². The number of hydrogen-bond donors (Lipinski definition) is 1. The van der Waals surface area contributed by atoms with Gasteiger partial charge in [0, 0.05) is 11.8 Å². The maximum Gasteiger partial charge on any atom is 0.343 e. The maximum absolute atomic E-state index is 14.0. The van der Waals surface area contributed by atoms with Crippen LogP contribution in [-0.2, 0) is 16.1 Å². The van der Waals surface area contributed by atoms with Gasteiger partial charge in [0.2, 0.25) is 0 Å². The number of aliphatic imine (C=N–C) groups is 1. The minimum atomic E-state index is -1.19. The van der Waals surface area contributed by atoms with Crippen LogP contribution >= 0.6 is 23.2 Å². The van der Waals surface area contributed by atoms with Gasteiger partial charge >= 0.3 is 11.7 Å². The molecule has 0 radical (unpaired) electrons. The lowest BCUT2D eigenvalue weighted by atomic mass is 10.1. The molecule has 0 unspecified atom stereocenters. The summed E-state index contributed by atoms with van der Waals surface area (Å²) in [6.45, 7) is 1.72. The van der Waals surface area contributed by atoms with Gasteiger partial charge < -0.3 is 9.84 Å². The molecule has 0 aromatic heterocycles. The lowest BCUT2D eigenvalue weighted by Crippen LogP contribution is -2.12. The zero-order chi connectivity index (χ0) is 21.6. The third-order valence-electron chi connectivity index (χ3n) is 3.66. The van der Waals surface area contributed by atoms with Gasteiger partial charge in [0.1, 0.15) is 22.2 Å². The molecule has 0 saturated carbocycles. The number of aliphatic hydroxyl groups is 1. The first-order chi connectivity index (χ1) is 13.8. The van der Waals surface area contributed by atoms with Crippen molar-refractivity contribution >= 4 is 46.8 Å². The largest absolute Gasteiger partial charge is 0.506 e. The second kappa shape index (κ2) is 9.99. The zero-order valence-corrected chi connectivity index (χ0v) is 16.6. The van der Waals surface area contributed by atoms with Crippen molar-refractivity contribution < 1.29 is 24.0 Å². The Morgan fingerprint density at radius 2 is 1.97 bits per heavy atom. The summed E-state index contributed by atoms with van der Waals surface area (Å²) in [4.78, 5) is 26.5. The second-order valence-electron chi connectivity index (χ2n) is 5.58. The first-order valence-corrected chi connectivity index (χ1v) is 8.99. The van der Waals surface area contributed by atoms with E-state index in [1.165, 1.54) is 0 Å². The van der Waals surface area contributed by atoms with Crippen LogP contribution in [0.5, 0.6) is 0 Å². The van der Waals surface area contributed by atoms with Gasteiger partial charge in [-0.2, -0.15) is 0 Å². The molecule has 2 rings (SSSR count). The Kier molecular flexibility index (Phi) is 7.69. The molecule has 0 bridgehead atoms. The number of carbonyl (C=O) groups is 1. The van der Waals surface area contributed by atoms with Crippen molar-refractivity contribution in [3.8, 4) is 0 Å². The minimum Gasteiger partial charge on any atom is -0.506 e. The summed E-state index contributed by atoms with van der Waals surface area (Å²) in [7, 11) is 0. The fourth-order valence-corrected chi connectivity index (χ4v) is 2.89. The smallest absolute Gasteiger partial charge is 0.343 e. The molecule has 0 aliphatic carbocycles. The Labute approximate surface area is 175 Å². The summed E-state index contributed by atoms with van der Waals surface area (Å²) in [5.41, 5.74) is -1.04. The van der Waals surface area contributed by atoms with E-state index in [4.69, 9.17) is 27.9 Å². The van der Waals surface area contributed by atoms with Crippen molar-refractivity contribution in [1.82, 2.24) is 0 Å². The summed E-state index contributed by atoms with van der Waals surface area (Å²) >= 11 is 11.5. The average Bonchev–Trinajstić information content (AvgIpc) is 2.68. The van der Waals surface area contributed by atoms with Gasteiger partial charge in [0.05, 0.1) is 18.1 Å². The molecule has 0 fully saturated rings.